The van der Waals surface area contributed by atoms with Gasteiger partial charge in [0.25, 0.3) is 10.5 Å². The summed E-state index contributed by atoms with van der Waals surface area (Å²) in [7, 11) is 0. The molecule has 4 amide bonds. The molecule has 2 fully saturated rings. The number of thioether (sulfide) groups is 2. The van der Waals surface area contributed by atoms with E-state index in [1.54, 1.807) is 24.3 Å². The Morgan fingerprint density at radius 3 is 1.39 bits per heavy atom. The molecule has 4 rings (SSSR count). The Morgan fingerprint density at radius 2 is 1.02 bits per heavy atom. The van der Waals surface area contributed by atoms with Gasteiger partial charge in [-0.05, 0) is 60.6 Å². The summed E-state index contributed by atoms with van der Waals surface area (Å²) >= 11 is 12.7. The van der Waals surface area contributed by atoms with Crippen molar-refractivity contribution in [2.75, 3.05) is 23.7 Å². The Hall–Kier alpha value is -4.12. The molecule has 0 spiro atoms. The third-order valence-electron chi connectivity index (χ3n) is 6.34. The molecule has 0 aliphatic carbocycles. The average molecular weight is 673 g/mol. The third-order valence-corrected chi connectivity index (χ3v) is 9.57. The minimum absolute atomic E-state index is 0.00577. The normalized spacial score (nSPS) is 16.5. The molecular formula is C28H24N4O8S4. The van der Waals surface area contributed by atoms with E-state index in [1.807, 2.05) is 0 Å². The molecule has 0 unspecified atom stereocenters. The first-order valence-electron chi connectivity index (χ1n) is 13.0. The number of para-hydroxylation sites is 2. The molecule has 2 aliphatic heterocycles. The van der Waals surface area contributed by atoms with Crippen molar-refractivity contribution in [3.63, 3.8) is 0 Å². The van der Waals surface area contributed by atoms with Crippen molar-refractivity contribution in [3.05, 3.63) is 69.5 Å². The van der Waals surface area contributed by atoms with Crippen LogP contribution in [0.15, 0.2) is 58.3 Å². The maximum atomic E-state index is 12.7. The summed E-state index contributed by atoms with van der Waals surface area (Å²) < 4.78 is 0. The number of rotatable bonds is 12. The van der Waals surface area contributed by atoms with Gasteiger partial charge < -0.3 is 20.8 Å². The molecule has 0 aromatic heterocycles. The predicted octanol–water partition coefficient (Wildman–Crippen LogP) is 5.42. The van der Waals surface area contributed by atoms with E-state index in [0.717, 1.165) is 23.5 Å². The first-order valence-corrected chi connectivity index (χ1v) is 15.5. The number of carboxylic acid groups (broad SMARTS) is 2. The van der Waals surface area contributed by atoms with Crippen LogP contribution in [-0.4, -0.2) is 77.3 Å². The lowest BCUT2D eigenvalue weighted by molar-refractivity contribution is -0.117. The minimum Gasteiger partial charge on any atom is -0.478 e. The van der Waals surface area contributed by atoms with Crippen LogP contribution in [0.3, 0.4) is 0 Å². The number of amides is 4. The number of nitrogens with one attached hydrogen (secondary N) is 2. The van der Waals surface area contributed by atoms with Crippen molar-refractivity contribution >= 4 is 104 Å². The van der Waals surface area contributed by atoms with Crippen LogP contribution in [0.4, 0.5) is 21.0 Å². The predicted molar refractivity (Wildman–Crippen MR) is 174 cm³/mol. The zero-order valence-electron chi connectivity index (χ0n) is 22.7. The summed E-state index contributed by atoms with van der Waals surface area (Å²) in [5, 5.41) is 22.9. The number of nitrogens with zero attached hydrogens (tertiary/aromatic N) is 2. The van der Waals surface area contributed by atoms with Crippen molar-refractivity contribution < 1.29 is 39.0 Å². The maximum absolute atomic E-state index is 12.7. The van der Waals surface area contributed by atoms with Gasteiger partial charge in [-0.1, -0.05) is 48.7 Å². The zero-order valence-corrected chi connectivity index (χ0v) is 26.0. The largest absolute Gasteiger partial charge is 0.478 e. The molecule has 0 bridgehead atoms. The Balaban J connectivity index is 1.29. The van der Waals surface area contributed by atoms with Crippen LogP contribution in [0.2, 0.25) is 0 Å². The Morgan fingerprint density at radius 1 is 0.659 bits per heavy atom. The molecule has 12 nitrogen and oxygen atoms in total. The van der Waals surface area contributed by atoms with Gasteiger partial charge in [0.2, 0.25) is 11.8 Å². The lowest BCUT2D eigenvalue weighted by Gasteiger charge is -2.16. The molecule has 44 heavy (non-hydrogen) atoms. The van der Waals surface area contributed by atoms with Gasteiger partial charge in [0.1, 0.15) is 9.98 Å². The van der Waals surface area contributed by atoms with Gasteiger partial charge in [-0.2, -0.15) is 0 Å². The molecule has 4 N–H and O–H groups in total. The van der Waals surface area contributed by atoms with E-state index < -0.39 is 23.8 Å². The lowest BCUT2D eigenvalue weighted by Crippen LogP contribution is -2.30. The van der Waals surface area contributed by atoms with Gasteiger partial charge in [0.15, 0.2) is 0 Å². The second kappa shape index (κ2) is 14.6. The second-order valence-electron chi connectivity index (χ2n) is 9.31. The molecule has 2 saturated heterocycles. The van der Waals surface area contributed by atoms with Crippen molar-refractivity contribution in [2.45, 2.75) is 25.7 Å². The lowest BCUT2D eigenvalue weighted by atomic mass is 10.1. The SMILES string of the molecule is O=C(CCCN1C(=O)SC(=C2SC(=O)N(CCCC(=O)Nc3ccccc3C(=O)O)C2=S)C1=S)Nc1ccccc1C(=O)O. The molecule has 0 saturated carbocycles. The molecule has 2 aliphatic rings. The number of hydrogen-bond acceptors (Lipinski definition) is 10. The Kier molecular flexibility index (Phi) is 10.9. The topological polar surface area (TPSA) is 173 Å². The quantitative estimate of drug-likeness (QED) is 0.167. The highest BCUT2D eigenvalue weighted by Gasteiger charge is 2.40. The van der Waals surface area contributed by atoms with Gasteiger partial charge >= 0.3 is 11.9 Å². The van der Waals surface area contributed by atoms with Gasteiger partial charge in [-0.3, -0.25) is 29.0 Å². The summed E-state index contributed by atoms with van der Waals surface area (Å²) in [6.07, 6.45) is 0.507. The Bertz CT molecular complexity index is 1510. The first kappa shape index (κ1) is 32.8. The number of benzene rings is 2. The van der Waals surface area contributed by atoms with Crippen LogP contribution in [-0.2, 0) is 9.59 Å². The molecular weight excluding hydrogens is 649 g/mol. The average Bonchev–Trinajstić information content (AvgIpc) is 3.42. The van der Waals surface area contributed by atoms with Crippen molar-refractivity contribution in [1.29, 1.82) is 0 Å². The van der Waals surface area contributed by atoms with Gasteiger partial charge in [-0.25, -0.2) is 9.59 Å². The minimum atomic E-state index is -1.17. The number of carbonyl (C=O) groups excluding carboxylic acids is 4. The van der Waals surface area contributed by atoms with Crippen LogP contribution in [0, 0.1) is 0 Å². The monoisotopic (exact) mass is 672 g/mol. The van der Waals surface area contributed by atoms with Gasteiger partial charge in [0, 0.05) is 25.9 Å². The van der Waals surface area contributed by atoms with E-state index in [4.69, 9.17) is 24.4 Å². The summed E-state index contributed by atoms with van der Waals surface area (Å²) in [5.41, 5.74) is 0.265. The van der Waals surface area contributed by atoms with Crippen LogP contribution >= 0.6 is 48.0 Å². The van der Waals surface area contributed by atoms with Crippen LogP contribution in [0.25, 0.3) is 0 Å². The van der Waals surface area contributed by atoms with Crippen LogP contribution in [0.1, 0.15) is 46.4 Å². The molecule has 2 heterocycles. The molecule has 0 radical (unpaired) electrons. The number of thiocarbonyl (C=S) groups is 2. The van der Waals surface area contributed by atoms with E-state index in [-0.39, 0.29) is 81.7 Å². The second-order valence-corrected chi connectivity index (χ2v) is 12.0. The van der Waals surface area contributed by atoms with Gasteiger partial charge in [-0.15, -0.1) is 0 Å². The third kappa shape index (κ3) is 7.68. The maximum Gasteiger partial charge on any atom is 0.337 e. The van der Waals surface area contributed by atoms with E-state index in [1.165, 1.54) is 34.1 Å². The molecule has 2 aromatic rings. The fourth-order valence-corrected chi connectivity index (χ4v) is 7.24. The highest BCUT2D eigenvalue weighted by atomic mass is 32.2. The van der Waals surface area contributed by atoms with Gasteiger partial charge in [0.05, 0.1) is 32.3 Å². The molecule has 228 valence electrons. The number of anilines is 2. The molecule has 2 aromatic carbocycles. The number of aromatic carboxylic acids is 2. The number of carboxylic acids is 2. The van der Waals surface area contributed by atoms with Crippen LogP contribution in [0.5, 0.6) is 0 Å². The smallest absolute Gasteiger partial charge is 0.337 e. The van der Waals surface area contributed by atoms with E-state index in [9.17, 15) is 39.0 Å². The summed E-state index contributed by atoms with van der Waals surface area (Å²) in [6, 6.07) is 12.0. The zero-order chi connectivity index (χ0) is 32.0. The van der Waals surface area contributed by atoms with E-state index >= 15 is 0 Å². The molecule has 16 heteroatoms. The summed E-state index contributed by atoms with van der Waals surface area (Å²) in [5.74, 6) is -3.18. The fourth-order valence-electron chi connectivity index (χ4n) is 4.23. The highest BCUT2D eigenvalue weighted by molar-refractivity contribution is 8.23. The van der Waals surface area contributed by atoms with Crippen LogP contribution < -0.4 is 10.6 Å². The van der Waals surface area contributed by atoms with Crippen molar-refractivity contribution in [1.82, 2.24) is 9.80 Å². The van der Waals surface area contributed by atoms with E-state index in [0.29, 0.717) is 9.81 Å². The number of hydrogen-bond donors (Lipinski definition) is 4. The van der Waals surface area contributed by atoms with Crippen molar-refractivity contribution in [3.8, 4) is 0 Å². The fraction of sp³-hybridized carbons (Fsp3) is 0.214. The first-order chi connectivity index (χ1) is 21.0. The summed E-state index contributed by atoms with van der Waals surface area (Å²) in [6.45, 7) is 0.259. The van der Waals surface area contributed by atoms with Crippen molar-refractivity contribution in [2.24, 2.45) is 0 Å². The Labute approximate surface area is 270 Å². The highest BCUT2D eigenvalue weighted by Crippen LogP contribution is 2.43. The standard InChI is InChI=1S/C28H24N4O8S4/c33-19(29-17-9-3-1-7-15(17)25(35)36)11-5-13-31-23(41)21(43-27(31)39)22-24(42)32(28(40)44-22)14-6-12-20(34)30-18-10-4-2-8-16(18)26(37)38/h1-4,7-10H,5-6,11-14H2,(H,29,33)(H,30,34)(H,35,36)(H,37,38). The summed E-state index contributed by atoms with van der Waals surface area (Å²) in [4.78, 5) is 76.8. The van der Waals surface area contributed by atoms with E-state index in [2.05, 4.69) is 10.6 Å². The number of carbonyl (C=O) groups is 6. The molecule has 0 atom stereocenters.